The minimum absolute atomic E-state index is 1.72. The Morgan fingerprint density at radius 3 is 0.250 bits per heavy atom. The molecule has 0 aliphatic rings. The zero-order chi connectivity index (χ0) is 12.0. The minimum atomic E-state index is 1.72. The van der Waals surface area contributed by atoms with E-state index < -0.39 is 0 Å². The van der Waals surface area contributed by atoms with Crippen molar-refractivity contribution < 1.29 is 26.8 Å². The molecule has 0 aliphatic heterocycles. The topological polar surface area (TPSA) is 102 Å². The van der Waals surface area contributed by atoms with Gasteiger partial charge in [0.25, 0.3) is 0 Å². The molecule has 0 aliphatic carbocycles. The highest BCUT2D eigenvalue weighted by atomic mass is 28.1. The van der Waals surface area contributed by atoms with Crippen LogP contribution in [0.3, 0.4) is 0 Å². The number of rotatable bonds is 0. The van der Waals surface area contributed by atoms with Gasteiger partial charge in [0.1, 0.15) is 0 Å². The lowest BCUT2D eigenvalue weighted by Gasteiger charge is -0.803. The van der Waals surface area contributed by atoms with Crippen LogP contribution < -0.4 is 0 Å². The summed E-state index contributed by atoms with van der Waals surface area (Å²) in [5.41, 5.74) is 0. The third-order valence-corrected chi connectivity index (χ3v) is 0. The average molecular weight is 265 g/mol. The van der Waals surface area contributed by atoms with Crippen LogP contribution in [0.1, 0.15) is 0 Å². The fraction of sp³-hybridized carbons (Fsp3) is 0. The molecule has 60 valence electrons. The molecule has 0 saturated heterocycles. The second-order valence-electron chi connectivity index (χ2n) is 0. The van der Waals surface area contributed by atoms with Gasteiger partial charge in [-0.15, -0.1) is 0 Å². The van der Waals surface area contributed by atoms with Crippen LogP contribution in [0.5, 0.6) is 0 Å². The Balaban J connectivity index is -0.00000000900. The fourth-order valence-corrected chi connectivity index (χ4v) is 0. The van der Waals surface area contributed by atoms with Gasteiger partial charge in [-0.05, 0) is 0 Å². The molecule has 0 heterocycles. The van der Waals surface area contributed by atoms with Crippen LogP contribution in [0, 0.1) is 0 Å². The highest BCUT2D eigenvalue weighted by Gasteiger charge is 0.812. The van der Waals surface area contributed by atoms with Crippen molar-refractivity contribution in [3.05, 3.63) is 0 Å². The molecule has 12 heavy (non-hydrogen) atoms. The molecular weight excluding hydrogens is 265 g/mol. The molecule has 0 fully saturated rings. The summed E-state index contributed by atoms with van der Waals surface area (Å²) in [6, 6.07) is 0. The first-order chi connectivity index (χ1) is 6.00. The summed E-state index contributed by atoms with van der Waals surface area (Å²) in [4.78, 5) is 0. The summed E-state index contributed by atoms with van der Waals surface area (Å²) in [7, 11) is 10.3. The van der Waals surface area contributed by atoms with Gasteiger partial charge in [-0.1, -0.05) is 0 Å². The highest BCUT2D eigenvalue weighted by molar-refractivity contribution is 5.86. The maximum absolute atomic E-state index is 8.06. The second kappa shape index (κ2) is 110000. The predicted molar refractivity (Wildman–Crippen MR) is 38.6 cm³/mol. The van der Waals surface area contributed by atoms with E-state index in [0.717, 1.165) is 0 Å². The quantitative estimate of drug-likeness (QED) is 0.432. The molecule has 0 spiro atoms. The fourth-order valence-electron chi connectivity index (χ4n) is 0. The van der Waals surface area contributed by atoms with Gasteiger partial charge < -0.3 is 26.8 Å². The van der Waals surface area contributed by atoms with E-state index in [-0.39, 0.29) is 0 Å². The first kappa shape index (κ1) is 40.1. The van der Waals surface area contributed by atoms with Gasteiger partial charge in [-0.25, -0.2) is 0 Å². The molecule has 0 aromatic rings. The maximum Gasteiger partial charge on any atom is 0.381 e. The molecule has 0 unspecified atom stereocenters. The van der Waals surface area contributed by atoms with Gasteiger partial charge in [0.2, 0.25) is 0 Å². The zero-order valence-electron chi connectivity index (χ0n) is 5.45. The Morgan fingerprint density at radius 2 is 0.250 bits per heavy atom. The van der Waals surface area contributed by atoms with Crippen molar-refractivity contribution in [2.75, 3.05) is 0 Å². The Morgan fingerprint density at radius 1 is 0.250 bits per heavy atom. The van der Waals surface area contributed by atoms with E-state index in [1.807, 2.05) is 0 Å². The average Bonchev–Trinajstić information content (AvgIpc) is 2.33. The van der Waals surface area contributed by atoms with E-state index in [4.69, 9.17) is 26.8 Å². The largest absolute Gasteiger partial charge is 0.381 e. The van der Waals surface area contributed by atoms with Crippen molar-refractivity contribution >= 4 is 60.8 Å². The Bertz CT molecular complexity index is 27.5. The van der Waals surface area contributed by atoms with Crippen molar-refractivity contribution in [2.24, 2.45) is 0 Å². The van der Waals surface area contributed by atoms with Crippen LogP contribution in [-0.4, -0.2) is 60.8 Å². The number of hydrogen-bond acceptors (Lipinski definition) is 6. The Kier molecular flexibility index (Phi) is 369000. The minimum Gasteiger partial charge on any atom is -0.381 e. The Hall–Kier alpha value is 0.101. The van der Waals surface area contributed by atoms with E-state index in [9.17, 15) is 0 Å². The summed E-state index contributed by atoms with van der Waals surface area (Å²) < 4.78 is 48.3. The second-order valence-corrected chi connectivity index (χ2v) is 0. The van der Waals surface area contributed by atoms with Crippen molar-refractivity contribution in [2.45, 2.75) is 0 Å². The normalized spacial score (nSPS) is 2.00. The maximum atomic E-state index is 8.06. The van der Waals surface area contributed by atoms with Crippen molar-refractivity contribution in [1.29, 1.82) is 0 Å². The monoisotopic (exact) mass is 264 g/mol. The molecular formula is O6Si6. The highest BCUT2D eigenvalue weighted by Crippen LogP contribution is 0.479. The lowest BCUT2D eigenvalue weighted by atomic mass is 16.0. The molecule has 12 heteroatoms. The summed E-state index contributed by atoms with van der Waals surface area (Å²) in [5, 5.41) is 0. The molecule has 6 nitrogen and oxygen atoms in total. The lowest BCUT2D eigenvalue weighted by Crippen LogP contribution is -0.969. The lowest BCUT2D eigenvalue weighted by molar-refractivity contribution is 0.589. The van der Waals surface area contributed by atoms with Crippen LogP contribution in [-0.2, 0) is 26.8 Å². The van der Waals surface area contributed by atoms with Crippen LogP contribution in [0.25, 0.3) is 0 Å². The summed E-state index contributed by atoms with van der Waals surface area (Å²) in [6.07, 6.45) is 0. The van der Waals surface area contributed by atoms with Gasteiger partial charge >= 0.3 is 60.8 Å². The predicted octanol–water partition coefficient (Wildman–Crippen LogP) is -3.00. The molecule has 0 N–H and O–H groups in total. The third-order valence-electron chi connectivity index (χ3n) is 0. The van der Waals surface area contributed by atoms with Crippen LogP contribution in [0.4, 0.5) is 0 Å². The van der Waals surface area contributed by atoms with Gasteiger partial charge in [0.05, 0.1) is 0 Å². The van der Waals surface area contributed by atoms with Gasteiger partial charge in [-0.2, -0.15) is 0 Å². The van der Waals surface area contributed by atoms with Crippen LogP contribution in [0.2, 0.25) is 0 Å². The van der Waals surface area contributed by atoms with Gasteiger partial charge in [0.15, 0.2) is 0 Å². The van der Waals surface area contributed by atoms with E-state index in [1.165, 1.54) is 0 Å². The molecule has 12 radical (unpaired) electrons. The molecule has 0 rings (SSSR count). The molecule has 0 atom stereocenters. The first-order valence-electron chi connectivity index (χ1n) is 1.22. The SMILES string of the molecule is O=[Si].O=[Si].O=[Si].O=[Si].O=[Si].O=[Si]. The Labute approximate surface area is 87.8 Å². The van der Waals surface area contributed by atoms with E-state index in [0.29, 0.717) is 0 Å². The standard InChI is InChI=1S/6OSi/c6*1-2. The van der Waals surface area contributed by atoms with Crippen molar-refractivity contribution in [3.63, 3.8) is 0 Å². The smallest absolute Gasteiger partial charge is 0.381 e. The van der Waals surface area contributed by atoms with Gasteiger partial charge in [0, 0.05) is 0 Å². The summed E-state index contributed by atoms with van der Waals surface area (Å²) in [6.45, 7) is 0. The molecule has 0 bridgehead atoms. The summed E-state index contributed by atoms with van der Waals surface area (Å²) in [5.74, 6) is 0. The summed E-state index contributed by atoms with van der Waals surface area (Å²) >= 11 is 0. The van der Waals surface area contributed by atoms with Crippen LogP contribution >= 0.6 is 0 Å². The van der Waals surface area contributed by atoms with E-state index in [1.54, 1.807) is 60.8 Å². The van der Waals surface area contributed by atoms with E-state index in [2.05, 4.69) is 0 Å². The molecule has 0 aromatic carbocycles. The number of hydrogen-bond donors (Lipinski definition) is 0. The molecule has 0 saturated carbocycles. The van der Waals surface area contributed by atoms with Gasteiger partial charge in [-0.3, -0.25) is 0 Å². The molecule has 0 amide bonds. The van der Waals surface area contributed by atoms with Crippen LogP contribution in [0.15, 0.2) is 0 Å². The zero-order valence-corrected chi connectivity index (χ0v) is 11.4. The van der Waals surface area contributed by atoms with E-state index >= 15 is 0 Å². The van der Waals surface area contributed by atoms with Crippen molar-refractivity contribution in [3.8, 4) is 0 Å². The van der Waals surface area contributed by atoms with Crippen molar-refractivity contribution in [1.82, 2.24) is 0 Å². The molecule has 0 aromatic heterocycles. The third kappa shape index (κ3) is 81500. The first-order valence-corrected chi connectivity index (χ1v) is 3.67.